The Morgan fingerprint density at radius 1 is 0.972 bits per heavy atom. The largest absolute Gasteiger partial charge is 0.573 e. The Bertz CT molecular complexity index is 1230. The van der Waals surface area contributed by atoms with Gasteiger partial charge >= 0.3 is 18.6 Å². The Labute approximate surface area is 201 Å². The van der Waals surface area contributed by atoms with Gasteiger partial charge in [-0.15, -0.1) is 13.2 Å². The van der Waals surface area contributed by atoms with Crippen LogP contribution in [0.1, 0.15) is 22.3 Å². The fourth-order valence-electron chi connectivity index (χ4n) is 2.77. The number of urea groups is 1. The van der Waals surface area contributed by atoms with E-state index in [9.17, 15) is 31.1 Å². The summed E-state index contributed by atoms with van der Waals surface area (Å²) >= 11 is 0. The van der Waals surface area contributed by atoms with Gasteiger partial charge in [-0.3, -0.25) is 0 Å². The van der Waals surface area contributed by atoms with E-state index in [0.717, 1.165) is 29.8 Å². The Kier molecular flexibility index (Phi) is 9.04. The van der Waals surface area contributed by atoms with Crippen LogP contribution in [0, 0.1) is 16.7 Å². The number of hydrogen-bond donors (Lipinski definition) is 3. The number of rotatable bonds is 5. The topological polar surface area (TPSA) is 112 Å². The Balaban J connectivity index is 0.000000269. The molecule has 0 fully saturated rings. The highest BCUT2D eigenvalue weighted by molar-refractivity contribution is 5.99. The number of carbonyl (C=O) groups excluding carboxylic acids is 1. The summed E-state index contributed by atoms with van der Waals surface area (Å²) in [5, 5.41) is 18.8. The normalized spacial score (nSPS) is 10.9. The standard InChI is InChI=1S/C16H11F3N2.C8H7F3N2O2/c17-16(18,19)14-3-1-2-13(9-14)15(21)8-11-4-6-12(10-20)7-5-11;9-8(10,11)15-6-3-1-5(2-4-6)13-7(12)14/h1-7,9,21H,8H2;1-4H,(H3,12,13,14). The quantitative estimate of drug-likeness (QED) is 0.279. The molecule has 0 atom stereocenters. The molecule has 3 rings (SSSR count). The van der Waals surface area contributed by atoms with Gasteiger partial charge in [-0.2, -0.15) is 18.4 Å². The number of benzene rings is 3. The van der Waals surface area contributed by atoms with Crippen molar-refractivity contribution in [1.82, 2.24) is 0 Å². The lowest BCUT2D eigenvalue weighted by Gasteiger charge is -2.09. The number of ether oxygens (including phenoxy) is 1. The molecule has 0 radical (unpaired) electrons. The van der Waals surface area contributed by atoms with Crippen LogP contribution in [0.15, 0.2) is 72.8 Å². The zero-order valence-electron chi connectivity index (χ0n) is 18.2. The first-order valence-corrected chi connectivity index (χ1v) is 9.93. The number of carbonyl (C=O) groups is 1. The third kappa shape index (κ3) is 9.38. The molecule has 0 saturated carbocycles. The number of nitrogens with zero attached hydrogens (tertiary/aromatic N) is 1. The number of nitrogens with two attached hydrogens (primary N) is 1. The molecule has 6 nitrogen and oxygen atoms in total. The van der Waals surface area contributed by atoms with Crippen molar-refractivity contribution in [2.75, 3.05) is 5.32 Å². The average Bonchev–Trinajstić information content (AvgIpc) is 2.79. The summed E-state index contributed by atoms with van der Waals surface area (Å²) in [6.07, 6.45) is -8.92. The third-order valence-corrected chi connectivity index (χ3v) is 4.36. The van der Waals surface area contributed by atoms with Crippen molar-refractivity contribution in [3.05, 3.63) is 95.1 Å². The third-order valence-electron chi connectivity index (χ3n) is 4.36. The second kappa shape index (κ2) is 11.7. The Morgan fingerprint density at radius 3 is 2.08 bits per heavy atom. The van der Waals surface area contributed by atoms with Crippen molar-refractivity contribution in [3.63, 3.8) is 0 Å². The molecule has 0 unspecified atom stereocenters. The van der Waals surface area contributed by atoms with Crippen molar-refractivity contribution in [3.8, 4) is 11.8 Å². The second-order valence-electron chi connectivity index (χ2n) is 7.10. The van der Waals surface area contributed by atoms with Crippen LogP contribution >= 0.6 is 0 Å². The number of anilines is 1. The number of primary amides is 1. The number of nitriles is 1. The molecule has 0 aliphatic carbocycles. The monoisotopic (exact) mass is 508 g/mol. The van der Waals surface area contributed by atoms with E-state index in [2.05, 4.69) is 10.1 Å². The maximum absolute atomic E-state index is 12.6. The van der Waals surface area contributed by atoms with Crippen molar-refractivity contribution in [1.29, 1.82) is 10.7 Å². The van der Waals surface area contributed by atoms with Crippen LogP contribution in [0.3, 0.4) is 0 Å². The van der Waals surface area contributed by atoms with Crippen LogP contribution in [-0.4, -0.2) is 18.1 Å². The van der Waals surface area contributed by atoms with E-state index < -0.39 is 24.1 Å². The van der Waals surface area contributed by atoms with Crippen LogP contribution in [0.25, 0.3) is 0 Å². The molecule has 12 heteroatoms. The fourth-order valence-corrected chi connectivity index (χ4v) is 2.77. The van der Waals surface area contributed by atoms with Gasteiger partial charge in [0.1, 0.15) is 5.75 Å². The molecule has 0 saturated heterocycles. The van der Waals surface area contributed by atoms with Crippen molar-refractivity contribution < 1.29 is 35.9 Å². The molecule has 4 N–H and O–H groups in total. The van der Waals surface area contributed by atoms with Gasteiger partial charge in [-0.25, -0.2) is 4.79 Å². The van der Waals surface area contributed by atoms with Crippen LogP contribution < -0.4 is 15.8 Å². The van der Waals surface area contributed by atoms with Gasteiger partial charge in [-0.1, -0.05) is 24.3 Å². The van der Waals surface area contributed by atoms with E-state index >= 15 is 0 Å². The van der Waals surface area contributed by atoms with Gasteiger partial charge in [-0.05, 0) is 59.7 Å². The molecule has 2 amide bonds. The first-order chi connectivity index (χ1) is 16.8. The SMILES string of the molecule is N#Cc1ccc(CC(=N)c2cccc(C(F)(F)F)c2)cc1.NC(=O)Nc1ccc(OC(F)(F)F)cc1. The second-order valence-corrected chi connectivity index (χ2v) is 7.10. The molecule has 0 bridgehead atoms. The molecule has 188 valence electrons. The molecule has 0 aliphatic heterocycles. The summed E-state index contributed by atoms with van der Waals surface area (Å²) in [6.45, 7) is 0. The van der Waals surface area contributed by atoms with Crippen LogP contribution in [-0.2, 0) is 12.6 Å². The molecule has 3 aromatic carbocycles. The van der Waals surface area contributed by atoms with Crippen LogP contribution in [0.5, 0.6) is 5.75 Å². The number of halogens is 6. The predicted octanol–water partition coefficient (Wildman–Crippen LogP) is 6.26. The summed E-state index contributed by atoms with van der Waals surface area (Å²) in [6, 6.07) is 17.2. The summed E-state index contributed by atoms with van der Waals surface area (Å²) in [5.41, 5.74) is 5.96. The van der Waals surface area contributed by atoms with Gasteiger partial charge in [0.15, 0.2) is 0 Å². The van der Waals surface area contributed by atoms with E-state index in [-0.39, 0.29) is 29.1 Å². The number of alkyl halides is 6. The lowest BCUT2D eigenvalue weighted by molar-refractivity contribution is -0.274. The summed E-state index contributed by atoms with van der Waals surface area (Å²) in [7, 11) is 0. The van der Waals surface area contributed by atoms with E-state index in [4.69, 9.17) is 16.4 Å². The highest BCUT2D eigenvalue weighted by Crippen LogP contribution is 2.29. The van der Waals surface area contributed by atoms with E-state index in [0.29, 0.717) is 5.56 Å². The summed E-state index contributed by atoms with van der Waals surface area (Å²) < 4.78 is 76.8. The lowest BCUT2D eigenvalue weighted by Crippen LogP contribution is -2.19. The van der Waals surface area contributed by atoms with Crippen molar-refractivity contribution in [2.24, 2.45) is 5.73 Å². The van der Waals surface area contributed by atoms with Gasteiger partial charge in [0.2, 0.25) is 0 Å². The van der Waals surface area contributed by atoms with E-state index in [1.54, 1.807) is 24.3 Å². The molecule has 0 heterocycles. The molecular weight excluding hydrogens is 490 g/mol. The highest BCUT2D eigenvalue weighted by atomic mass is 19.4. The minimum absolute atomic E-state index is 0.103. The highest BCUT2D eigenvalue weighted by Gasteiger charge is 2.31. The fraction of sp³-hybridized carbons (Fsp3) is 0.125. The van der Waals surface area contributed by atoms with Gasteiger partial charge in [0, 0.05) is 17.8 Å². The Morgan fingerprint density at radius 2 is 1.58 bits per heavy atom. The molecule has 3 aromatic rings. The van der Waals surface area contributed by atoms with E-state index in [1.807, 2.05) is 6.07 Å². The minimum Gasteiger partial charge on any atom is -0.406 e. The predicted molar refractivity (Wildman–Crippen MR) is 119 cm³/mol. The number of amides is 2. The first kappa shape index (κ1) is 27.7. The van der Waals surface area contributed by atoms with Gasteiger partial charge < -0.3 is 21.2 Å². The summed E-state index contributed by atoms with van der Waals surface area (Å²) in [4.78, 5) is 10.4. The summed E-state index contributed by atoms with van der Waals surface area (Å²) in [5.74, 6) is -0.363. The molecular formula is C24H18F6N4O2. The zero-order chi connectivity index (χ0) is 26.9. The average molecular weight is 508 g/mol. The maximum atomic E-state index is 12.6. The van der Waals surface area contributed by atoms with E-state index in [1.165, 1.54) is 24.3 Å². The van der Waals surface area contributed by atoms with Crippen molar-refractivity contribution >= 4 is 17.4 Å². The molecule has 0 aliphatic rings. The van der Waals surface area contributed by atoms with Crippen molar-refractivity contribution in [2.45, 2.75) is 19.0 Å². The molecule has 36 heavy (non-hydrogen) atoms. The molecule has 0 spiro atoms. The number of nitrogens with one attached hydrogen (secondary N) is 2. The van der Waals surface area contributed by atoms with Gasteiger partial charge in [0.05, 0.1) is 17.2 Å². The smallest absolute Gasteiger partial charge is 0.406 e. The van der Waals surface area contributed by atoms with Crippen LogP contribution in [0.4, 0.5) is 36.8 Å². The van der Waals surface area contributed by atoms with Crippen LogP contribution in [0.2, 0.25) is 0 Å². The first-order valence-electron chi connectivity index (χ1n) is 9.93. The zero-order valence-corrected chi connectivity index (χ0v) is 18.2. The Hall–Kier alpha value is -4.53. The minimum atomic E-state index is -4.72. The lowest BCUT2D eigenvalue weighted by atomic mass is 10.00. The molecule has 0 aromatic heterocycles. The number of hydrogen-bond acceptors (Lipinski definition) is 4. The maximum Gasteiger partial charge on any atom is 0.573 e. The van der Waals surface area contributed by atoms with Gasteiger partial charge in [0.25, 0.3) is 0 Å².